The molecule has 0 fully saturated rings. The number of hydrogen-bond donors (Lipinski definition) is 1. The van der Waals surface area contributed by atoms with Gasteiger partial charge in [-0.3, -0.25) is 14.6 Å². The summed E-state index contributed by atoms with van der Waals surface area (Å²) >= 11 is 0. The predicted molar refractivity (Wildman–Crippen MR) is 129 cm³/mol. The van der Waals surface area contributed by atoms with Crippen LogP contribution in [0.25, 0.3) is 11.0 Å². The maximum Gasteiger partial charge on any atom is 0.304 e. The van der Waals surface area contributed by atoms with E-state index in [4.69, 9.17) is 0 Å². The first kappa shape index (κ1) is 22.6. The minimum Gasteiger partial charge on any atom is -0.481 e. The first-order chi connectivity index (χ1) is 17.0. The number of rotatable bonds is 6. The molecule has 1 unspecified atom stereocenters. The summed E-state index contributed by atoms with van der Waals surface area (Å²) in [6.07, 6.45) is 5.22. The lowest BCUT2D eigenvalue weighted by Crippen LogP contribution is -2.36. The van der Waals surface area contributed by atoms with Crippen molar-refractivity contribution in [2.75, 3.05) is 6.54 Å². The van der Waals surface area contributed by atoms with E-state index in [2.05, 4.69) is 26.3 Å². The lowest BCUT2D eigenvalue weighted by Gasteiger charge is -2.30. The van der Waals surface area contributed by atoms with Gasteiger partial charge in [-0.05, 0) is 54.2 Å². The Kier molecular flexibility index (Phi) is 5.98. The largest absolute Gasteiger partial charge is 0.481 e. The summed E-state index contributed by atoms with van der Waals surface area (Å²) in [5.41, 5.74) is 7.01. The smallest absolute Gasteiger partial charge is 0.304 e. The fraction of sp³-hybridized carbons (Fsp3) is 0.308. The van der Waals surface area contributed by atoms with Crippen LogP contribution in [0.2, 0.25) is 0 Å². The number of carboxylic acids is 1. The monoisotopic (exact) mass is 470 g/mol. The topological polar surface area (TPSA) is 114 Å². The standard InChI is InChI=1S/C26H26N6O3/c1-3-32-23-7-6-20(16(2)25(23)29-30-32)21(13-24(33)34)18-5-4-17-8-11-31(15-19(17)12-18)26(35)22-14-27-9-10-28-22/h4-7,9-10,12,14,21H,3,8,11,13,15H2,1-2H3,(H,33,34). The number of carboxylic acid groups (broad SMARTS) is 1. The van der Waals surface area contributed by atoms with E-state index < -0.39 is 5.97 Å². The van der Waals surface area contributed by atoms with E-state index in [1.54, 1.807) is 11.1 Å². The fourth-order valence-corrected chi connectivity index (χ4v) is 4.91. The molecule has 178 valence electrons. The van der Waals surface area contributed by atoms with Crippen molar-refractivity contribution < 1.29 is 14.7 Å². The van der Waals surface area contributed by atoms with Crippen molar-refractivity contribution >= 4 is 22.9 Å². The summed E-state index contributed by atoms with van der Waals surface area (Å²) in [4.78, 5) is 34.7. The number of aliphatic carboxylic acids is 1. The highest BCUT2D eigenvalue weighted by molar-refractivity contribution is 5.92. The molecule has 0 spiro atoms. The Morgan fingerprint density at radius 1 is 1.14 bits per heavy atom. The van der Waals surface area contributed by atoms with Gasteiger partial charge in [-0.25, -0.2) is 9.67 Å². The van der Waals surface area contributed by atoms with Gasteiger partial charge >= 0.3 is 5.97 Å². The Balaban J connectivity index is 1.50. The summed E-state index contributed by atoms with van der Waals surface area (Å²) in [6, 6.07) is 10.1. The summed E-state index contributed by atoms with van der Waals surface area (Å²) < 4.78 is 1.83. The molecule has 0 radical (unpaired) electrons. The number of aromatic nitrogens is 5. The Morgan fingerprint density at radius 2 is 2.00 bits per heavy atom. The molecule has 1 aliphatic heterocycles. The van der Waals surface area contributed by atoms with Gasteiger partial charge in [-0.2, -0.15) is 0 Å². The Hall–Kier alpha value is -4.14. The summed E-state index contributed by atoms with van der Waals surface area (Å²) in [7, 11) is 0. The number of fused-ring (bicyclic) bond motifs is 2. The van der Waals surface area contributed by atoms with Crippen molar-refractivity contribution in [1.82, 2.24) is 29.9 Å². The molecule has 2 aromatic carbocycles. The van der Waals surface area contributed by atoms with Crippen LogP contribution in [0.15, 0.2) is 48.9 Å². The number of carbonyl (C=O) groups is 2. The summed E-state index contributed by atoms with van der Waals surface area (Å²) in [5.74, 6) is -1.37. The van der Waals surface area contributed by atoms with E-state index >= 15 is 0 Å². The van der Waals surface area contributed by atoms with Gasteiger partial charge in [0.2, 0.25) is 0 Å². The van der Waals surface area contributed by atoms with Crippen molar-refractivity contribution in [3.63, 3.8) is 0 Å². The molecule has 0 saturated heterocycles. The highest BCUT2D eigenvalue weighted by Gasteiger charge is 2.26. The maximum atomic E-state index is 12.9. The molecule has 2 aromatic heterocycles. The van der Waals surface area contributed by atoms with Crippen LogP contribution in [-0.2, 0) is 24.3 Å². The minimum atomic E-state index is -0.871. The fourth-order valence-electron chi connectivity index (χ4n) is 4.91. The average Bonchev–Trinajstić information content (AvgIpc) is 3.31. The van der Waals surface area contributed by atoms with Gasteiger partial charge in [0.25, 0.3) is 5.91 Å². The molecular weight excluding hydrogens is 444 g/mol. The zero-order chi connectivity index (χ0) is 24.5. The zero-order valence-electron chi connectivity index (χ0n) is 19.7. The second-order valence-electron chi connectivity index (χ2n) is 8.80. The van der Waals surface area contributed by atoms with E-state index in [1.165, 1.54) is 18.0 Å². The van der Waals surface area contributed by atoms with Crippen LogP contribution in [-0.4, -0.2) is 53.4 Å². The molecule has 0 bridgehead atoms. The first-order valence-corrected chi connectivity index (χ1v) is 11.7. The molecule has 3 heterocycles. The molecule has 35 heavy (non-hydrogen) atoms. The SMILES string of the molecule is CCn1nnc2c(C)c(C(CC(=O)O)c3ccc4c(c3)CN(C(=O)c3cnccn3)CC4)ccc21. The first-order valence-electron chi connectivity index (χ1n) is 11.7. The predicted octanol–water partition coefficient (Wildman–Crippen LogP) is 3.35. The molecule has 1 N–H and O–H groups in total. The van der Waals surface area contributed by atoms with E-state index in [-0.39, 0.29) is 18.2 Å². The number of carbonyl (C=O) groups excluding carboxylic acids is 1. The Morgan fingerprint density at radius 3 is 2.74 bits per heavy atom. The third-order valence-electron chi connectivity index (χ3n) is 6.75. The molecule has 1 atom stereocenters. The zero-order valence-corrected chi connectivity index (χ0v) is 19.7. The number of aryl methyl sites for hydroxylation is 2. The van der Waals surface area contributed by atoms with Crippen LogP contribution in [0.1, 0.15) is 57.6 Å². The van der Waals surface area contributed by atoms with Crippen molar-refractivity contribution in [1.29, 1.82) is 0 Å². The lowest BCUT2D eigenvalue weighted by atomic mass is 9.83. The molecule has 1 aliphatic rings. The van der Waals surface area contributed by atoms with Gasteiger partial charge in [-0.1, -0.05) is 29.5 Å². The molecule has 0 saturated carbocycles. The molecular formula is C26H26N6O3. The van der Waals surface area contributed by atoms with Gasteiger partial charge in [-0.15, -0.1) is 5.10 Å². The van der Waals surface area contributed by atoms with Crippen molar-refractivity contribution in [2.45, 2.75) is 45.7 Å². The van der Waals surface area contributed by atoms with Crippen LogP contribution in [0.3, 0.4) is 0 Å². The molecule has 4 aromatic rings. The van der Waals surface area contributed by atoms with Crippen LogP contribution in [0.4, 0.5) is 0 Å². The average molecular weight is 471 g/mol. The molecule has 0 aliphatic carbocycles. The van der Waals surface area contributed by atoms with Gasteiger partial charge in [0.1, 0.15) is 11.2 Å². The van der Waals surface area contributed by atoms with Gasteiger partial charge < -0.3 is 10.0 Å². The second-order valence-corrected chi connectivity index (χ2v) is 8.80. The number of hydrogen-bond acceptors (Lipinski definition) is 6. The van der Waals surface area contributed by atoms with Crippen molar-refractivity contribution in [2.24, 2.45) is 0 Å². The van der Waals surface area contributed by atoms with Crippen LogP contribution >= 0.6 is 0 Å². The lowest BCUT2D eigenvalue weighted by molar-refractivity contribution is -0.137. The van der Waals surface area contributed by atoms with Crippen LogP contribution in [0, 0.1) is 6.92 Å². The number of nitrogens with zero attached hydrogens (tertiary/aromatic N) is 6. The number of amides is 1. The highest BCUT2D eigenvalue weighted by atomic mass is 16.4. The van der Waals surface area contributed by atoms with Crippen LogP contribution < -0.4 is 0 Å². The summed E-state index contributed by atoms with van der Waals surface area (Å²) in [5, 5.41) is 18.3. The van der Waals surface area contributed by atoms with Gasteiger partial charge in [0.15, 0.2) is 0 Å². The normalized spacial score (nSPS) is 14.1. The highest BCUT2D eigenvalue weighted by Crippen LogP contribution is 2.35. The molecule has 1 amide bonds. The van der Waals surface area contributed by atoms with Crippen LogP contribution in [0.5, 0.6) is 0 Å². The van der Waals surface area contributed by atoms with E-state index in [1.807, 2.05) is 42.8 Å². The maximum absolute atomic E-state index is 12.9. The van der Waals surface area contributed by atoms with E-state index in [9.17, 15) is 14.7 Å². The van der Waals surface area contributed by atoms with E-state index in [0.29, 0.717) is 25.3 Å². The summed E-state index contributed by atoms with van der Waals surface area (Å²) in [6.45, 7) is 5.74. The van der Waals surface area contributed by atoms with Crippen molar-refractivity contribution in [3.8, 4) is 0 Å². The minimum absolute atomic E-state index is 0.0463. The van der Waals surface area contributed by atoms with E-state index in [0.717, 1.165) is 39.7 Å². The number of benzene rings is 2. The second kappa shape index (κ2) is 9.25. The van der Waals surface area contributed by atoms with Gasteiger partial charge in [0, 0.05) is 37.9 Å². The Labute approximate surface area is 202 Å². The third-order valence-corrected chi connectivity index (χ3v) is 6.75. The van der Waals surface area contributed by atoms with Gasteiger partial charge in [0.05, 0.1) is 18.1 Å². The van der Waals surface area contributed by atoms with Crippen molar-refractivity contribution in [3.05, 3.63) is 82.4 Å². The third kappa shape index (κ3) is 4.25. The molecule has 9 heteroatoms. The molecule has 5 rings (SSSR count). The quantitative estimate of drug-likeness (QED) is 0.460. The Bertz CT molecular complexity index is 1420. The molecule has 9 nitrogen and oxygen atoms in total.